The molecular weight excluding hydrogens is 208 g/mol. The summed E-state index contributed by atoms with van der Waals surface area (Å²) in [7, 11) is -1.11. The first-order valence-electron chi connectivity index (χ1n) is 5.72. The van der Waals surface area contributed by atoms with Gasteiger partial charge < -0.3 is 9.47 Å². The molecule has 0 aromatic heterocycles. The standard InChI is InChI=1S/C11H24O3Si/c1-6-10(7-2)14-11(12)13-8-9-15(3,4)5/h10H,6-9H2,1-5H3. The molecule has 0 aliphatic heterocycles. The van der Waals surface area contributed by atoms with Gasteiger partial charge in [0.2, 0.25) is 0 Å². The maximum absolute atomic E-state index is 11.2. The van der Waals surface area contributed by atoms with Crippen molar-refractivity contribution in [1.29, 1.82) is 0 Å². The number of rotatable bonds is 6. The highest BCUT2D eigenvalue weighted by molar-refractivity contribution is 6.76. The van der Waals surface area contributed by atoms with Gasteiger partial charge in [0.15, 0.2) is 0 Å². The van der Waals surface area contributed by atoms with E-state index in [9.17, 15) is 4.79 Å². The zero-order chi connectivity index (χ0) is 11.9. The highest BCUT2D eigenvalue weighted by atomic mass is 28.3. The van der Waals surface area contributed by atoms with Crippen LogP contribution in [0.1, 0.15) is 26.7 Å². The largest absolute Gasteiger partial charge is 0.508 e. The lowest BCUT2D eigenvalue weighted by Crippen LogP contribution is -2.24. The van der Waals surface area contributed by atoms with Crippen molar-refractivity contribution in [3.8, 4) is 0 Å². The molecule has 0 saturated carbocycles. The van der Waals surface area contributed by atoms with Crippen LogP contribution in [0.25, 0.3) is 0 Å². The van der Waals surface area contributed by atoms with E-state index in [1.165, 1.54) is 0 Å². The summed E-state index contributed by atoms with van der Waals surface area (Å²) < 4.78 is 10.1. The lowest BCUT2D eigenvalue weighted by atomic mass is 10.2. The van der Waals surface area contributed by atoms with E-state index in [2.05, 4.69) is 19.6 Å². The van der Waals surface area contributed by atoms with Gasteiger partial charge in [0.1, 0.15) is 6.10 Å². The van der Waals surface area contributed by atoms with E-state index >= 15 is 0 Å². The summed E-state index contributed by atoms with van der Waals surface area (Å²) in [6.45, 7) is 11.3. The topological polar surface area (TPSA) is 35.5 Å². The number of ether oxygens (including phenoxy) is 2. The molecule has 0 unspecified atom stereocenters. The third kappa shape index (κ3) is 8.48. The number of hydrogen-bond donors (Lipinski definition) is 0. The third-order valence-electron chi connectivity index (χ3n) is 2.25. The first kappa shape index (κ1) is 14.5. The Balaban J connectivity index is 3.66. The van der Waals surface area contributed by atoms with Crippen molar-refractivity contribution >= 4 is 14.2 Å². The van der Waals surface area contributed by atoms with Crippen LogP contribution in [-0.4, -0.2) is 26.9 Å². The van der Waals surface area contributed by atoms with Crippen LogP contribution in [-0.2, 0) is 9.47 Å². The van der Waals surface area contributed by atoms with E-state index in [4.69, 9.17) is 9.47 Å². The summed E-state index contributed by atoms with van der Waals surface area (Å²) in [6.07, 6.45) is 1.19. The first-order valence-corrected chi connectivity index (χ1v) is 9.43. The molecule has 0 aliphatic carbocycles. The predicted molar refractivity (Wildman–Crippen MR) is 65.0 cm³/mol. The first-order chi connectivity index (χ1) is 6.89. The molecule has 0 saturated heterocycles. The Kier molecular flexibility index (Phi) is 6.64. The molecule has 0 spiro atoms. The maximum Gasteiger partial charge on any atom is 0.508 e. The molecule has 0 atom stereocenters. The average molecular weight is 232 g/mol. The molecule has 4 heteroatoms. The summed E-state index contributed by atoms with van der Waals surface area (Å²) >= 11 is 0. The third-order valence-corrected chi connectivity index (χ3v) is 3.95. The van der Waals surface area contributed by atoms with Crippen molar-refractivity contribution in [2.45, 2.75) is 58.5 Å². The van der Waals surface area contributed by atoms with Gasteiger partial charge in [0.25, 0.3) is 0 Å². The molecular formula is C11H24O3Si. The second kappa shape index (κ2) is 6.88. The Hall–Kier alpha value is -0.513. The fourth-order valence-electron chi connectivity index (χ4n) is 1.07. The van der Waals surface area contributed by atoms with Gasteiger partial charge in [-0.05, 0) is 18.9 Å². The Morgan fingerprint density at radius 2 is 1.73 bits per heavy atom. The van der Waals surface area contributed by atoms with E-state index < -0.39 is 14.2 Å². The molecule has 0 aromatic carbocycles. The van der Waals surface area contributed by atoms with Gasteiger partial charge in [-0.2, -0.15) is 0 Å². The fourth-order valence-corrected chi connectivity index (χ4v) is 1.78. The zero-order valence-electron chi connectivity index (χ0n) is 10.6. The van der Waals surface area contributed by atoms with Gasteiger partial charge in [-0.1, -0.05) is 33.5 Å². The van der Waals surface area contributed by atoms with Crippen LogP contribution < -0.4 is 0 Å². The lowest BCUT2D eigenvalue weighted by Gasteiger charge is -2.17. The SMILES string of the molecule is CCC(CC)OC(=O)OCC[Si](C)(C)C. The molecule has 0 rings (SSSR count). The molecule has 0 aromatic rings. The maximum atomic E-state index is 11.2. The fraction of sp³-hybridized carbons (Fsp3) is 0.909. The summed E-state index contributed by atoms with van der Waals surface area (Å²) in [6, 6.07) is 0.991. The van der Waals surface area contributed by atoms with Crippen molar-refractivity contribution in [2.24, 2.45) is 0 Å². The number of hydrogen-bond acceptors (Lipinski definition) is 3. The molecule has 0 amide bonds. The Morgan fingerprint density at radius 1 is 1.20 bits per heavy atom. The molecule has 0 bridgehead atoms. The van der Waals surface area contributed by atoms with Gasteiger partial charge in [0, 0.05) is 8.07 Å². The minimum absolute atomic E-state index is 0.00406. The molecule has 0 fully saturated rings. The van der Waals surface area contributed by atoms with E-state index in [-0.39, 0.29) is 6.10 Å². The average Bonchev–Trinajstić information content (AvgIpc) is 2.12. The molecule has 0 heterocycles. The van der Waals surface area contributed by atoms with Crippen molar-refractivity contribution in [3.63, 3.8) is 0 Å². The van der Waals surface area contributed by atoms with E-state index in [0.29, 0.717) is 6.61 Å². The van der Waals surface area contributed by atoms with Gasteiger partial charge in [0.05, 0.1) is 6.61 Å². The highest BCUT2D eigenvalue weighted by Crippen LogP contribution is 2.09. The Bertz CT molecular complexity index is 183. The molecule has 0 radical (unpaired) electrons. The molecule has 0 aliphatic rings. The van der Waals surface area contributed by atoms with Crippen molar-refractivity contribution in [2.75, 3.05) is 6.61 Å². The lowest BCUT2D eigenvalue weighted by molar-refractivity contribution is 0.0237. The summed E-state index contributed by atoms with van der Waals surface area (Å²) in [5, 5.41) is 0. The van der Waals surface area contributed by atoms with Gasteiger partial charge in [-0.3, -0.25) is 0 Å². The quantitative estimate of drug-likeness (QED) is 0.518. The van der Waals surface area contributed by atoms with Crippen molar-refractivity contribution in [3.05, 3.63) is 0 Å². The van der Waals surface area contributed by atoms with Gasteiger partial charge in [-0.25, -0.2) is 4.79 Å². The Morgan fingerprint density at radius 3 is 2.13 bits per heavy atom. The molecule has 90 valence electrons. The van der Waals surface area contributed by atoms with Crippen LogP contribution >= 0.6 is 0 Å². The minimum atomic E-state index is -1.11. The Labute approximate surface area is 94.2 Å². The van der Waals surface area contributed by atoms with E-state index in [0.717, 1.165) is 18.9 Å². The number of carbonyl (C=O) groups excluding carboxylic acids is 1. The predicted octanol–water partition coefficient (Wildman–Crippen LogP) is 3.67. The van der Waals surface area contributed by atoms with Crippen LogP contribution in [0, 0.1) is 0 Å². The van der Waals surface area contributed by atoms with Crippen molar-refractivity contribution < 1.29 is 14.3 Å². The van der Waals surface area contributed by atoms with Gasteiger partial charge >= 0.3 is 6.16 Å². The van der Waals surface area contributed by atoms with Crippen LogP contribution in [0.5, 0.6) is 0 Å². The molecule has 0 N–H and O–H groups in total. The summed E-state index contributed by atoms with van der Waals surface area (Å²) in [5.41, 5.74) is 0. The minimum Gasteiger partial charge on any atom is -0.435 e. The van der Waals surface area contributed by atoms with Crippen LogP contribution in [0.2, 0.25) is 25.7 Å². The van der Waals surface area contributed by atoms with Crippen molar-refractivity contribution in [1.82, 2.24) is 0 Å². The molecule has 15 heavy (non-hydrogen) atoms. The summed E-state index contributed by atoms with van der Waals surface area (Å²) in [4.78, 5) is 11.2. The monoisotopic (exact) mass is 232 g/mol. The van der Waals surface area contributed by atoms with Crippen LogP contribution in [0.15, 0.2) is 0 Å². The highest BCUT2D eigenvalue weighted by Gasteiger charge is 2.15. The smallest absolute Gasteiger partial charge is 0.435 e. The second-order valence-electron chi connectivity index (χ2n) is 4.97. The van der Waals surface area contributed by atoms with Crippen LogP contribution in [0.4, 0.5) is 4.79 Å². The zero-order valence-corrected chi connectivity index (χ0v) is 11.6. The van der Waals surface area contributed by atoms with E-state index in [1.807, 2.05) is 13.8 Å². The normalized spacial score (nSPS) is 11.6. The second-order valence-corrected chi connectivity index (χ2v) is 10.6. The van der Waals surface area contributed by atoms with Gasteiger partial charge in [-0.15, -0.1) is 0 Å². The van der Waals surface area contributed by atoms with E-state index in [1.54, 1.807) is 0 Å². The summed E-state index contributed by atoms with van der Waals surface area (Å²) in [5.74, 6) is 0. The molecule has 3 nitrogen and oxygen atoms in total. The number of carbonyl (C=O) groups is 1. The van der Waals surface area contributed by atoms with Crippen LogP contribution in [0.3, 0.4) is 0 Å².